The molecule has 0 spiro atoms. The lowest BCUT2D eigenvalue weighted by molar-refractivity contribution is -0.140. The summed E-state index contributed by atoms with van der Waals surface area (Å²) in [7, 11) is 0. The van der Waals surface area contributed by atoms with Gasteiger partial charge in [-0.15, -0.1) is 0 Å². The molecule has 8 heteroatoms. The molecule has 3 heterocycles. The summed E-state index contributed by atoms with van der Waals surface area (Å²) in [5.41, 5.74) is 1.08. The number of pyridine rings is 1. The van der Waals surface area contributed by atoms with Gasteiger partial charge in [-0.2, -0.15) is 4.98 Å². The van der Waals surface area contributed by atoms with Gasteiger partial charge in [0.05, 0.1) is 18.0 Å². The molecule has 1 fully saturated rings. The van der Waals surface area contributed by atoms with Crippen molar-refractivity contribution in [2.75, 3.05) is 18.8 Å². The van der Waals surface area contributed by atoms with E-state index in [-0.39, 0.29) is 29.6 Å². The second-order valence-electron chi connectivity index (χ2n) is 6.02. The Morgan fingerprint density at radius 3 is 2.75 bits per heavy atom. The van der Waals surface area contributed by atoms with E-state index in [1.54, 1.807) is 17.2 Å². The third kappa shape index (κ3) is 3.59. The number of ether oxygens (including phenoxy) is 1. The molecule has 24 heavy (non-hydrogen) atoms. The van der Waals surface area contributed by atoms with Gasteiger partial charge >= 0.3 is 5.69 Å². The van der Waals surface area contributed by atoms with Crippen molar-refractivity contribution in [3.63, 3.8) is 0 Å². The predicted octanol–water partition coefficient (Wildman–Crippen LogP) is 1.13. The van der Waals surface area contributed by atoms with E-state index >= 15 is 0 Å². The van der Waals surface area contributed by atoms with Gasteiger partial charge < -0.3 is 9.64 Å². The van der Waals surface area contributed by atoms with E-state index in [9.17, 15) is 9.59 Å². The van der Waals surface area contributed by atoms with Crippen molar-refractivity contribution in [1.82, 2.24) is 19.3 Å². The van der Waals surface area contributed by atoms with Crippen molar-refractivity contribution in [1.29, 1.82) is 0 Å². The molecule has 0 aromatic carbocycles. The monoisotopic (exact) mass is 348 g/mol. The lowest BCUT2D eigenvalue weighted by Gasteiger charge is -2.35. The zero-order chi connectivity index (χ0) is 17.3. The fourth-order valence-corrected chi connectivity index (χ4v) is 3.55. The Morgan fingerprint density at radius 2 is 2.04 bits per heavy atom. The smallest absolute Gasteiger partial charge is 0.355 e. The van der Waals surface area contributed by atoms with Gasteiger partial charge in [0.15, 0.2) is 5.16 Å². The summed E-state index contributed by atoms with van der Waals surface area (Å²) in [6.45, 7) is 6.98. The molecular formula is C16H20N4O3S. The number of hydrogen-bond donors (Lipinski definition) is 0. The minimum absolute atomic E-state index is 0.00980. The van der Waals surface area contributed by atoms with Crippen LogP contribution in [0.25, 0.3) is 5.65 Å². The number of hydrogen-bond acceptors (Lipinski definition) is 6. The molecule has 0 unspecified atom stereocenters. The quantitative estimate of drug-likeness (QED) is 0.774. The molecule has 2 atom stereocenters. The standard InChI is InChI=1S/C16H20N4O3S/c1-10-5-4-6-20-14(10)17-15(18-16(20)22)24-9-13(21)19-7-11(2)23-12(3)8-19/h4-6,11-12H,7-9H2,1-3H3/t11-,12-/m0/s1. The average molecular weight is 348 g/mol. The lowest BCUT2D eigenvalue weighted by Crippen LogP contribution is -2.48. The third-order valence-electron chi connectivity index (χ3n) is 3.86. The number of carbonyl (C=O) groups excluding carboxylic acids is 1. The minimum atomic E-state index is -0.382. The van der Waals surface area contributed by atoms with Crippen molar-refractivity contribution < 1.29 is 9.53 Å². The Labute approximate surface area is 144 Å². The summed E-state index contributed by atoms with van der Waals surface area (Å²) in [5.74, 6) is 0.219. The third-order valence-corrected chi connectivity index (χ3v) is 4.69. The molecule has 3 rings (SSSR count). The van der Waals surface area contributed by atoms with Crippen LogP contribution in [0.2, 0.25) is 0 Å². The van der Waals surface area contributed by atoms with Crippen LogP contribution in [0.5, 0.6) is 0 Å². The summed E-state index contributed by atoms with van der Waals surface area (Å²) < 4.78 is 7.05. The second kappa shape index (κ2) is 6.90. The minimum Gasteiger partial charge on any atom is -0.372 e. The molecule has 1 aliphatic rings. The fourth-order valence-electron chi connectivity index (χ4n) is 2.82. The zero-order valence-corrected chi connectivity index (χ0v) is 14.7. The summed E-state index contributed by atoms with van der Waals surface area (Å²) in [6, 6.07) is 3.67. The number of morpholine rings is 1. The normalized spacial score (nSPS) is 21.2. The highest BCUT2D eigenvalue weighted by molar-refractivity contribution is 7.99. The molecule has 0 N–H and O–H groups in total. The molecule has 0 bridgehead atoms. The Kier molecular flexibility index (Phi) is 4.86. The van der Waals surface area contributed by atoms with E-state index in [2.05, 4.69) is 9.97 Å². The Hall–Kier alpha value is -1.93. The Morgan fingerprint density at radius 1 is 1.33 bits per heavy atom. The highest BCUT2D eigenvalue weighted by Crippen LogP contribution is 2.17. The van der Waals surface area contributed by atoms with Crippen LogP contribution >= 0.6 is 11.8 Å². The van der Waals surface area contributed by atoms with Gasteiger partial charge in [0.25, 0.3) is 0 Å². The molecule has 2 aromatic rings. The first-order valence-corrected chi connectivity index (χ1v) is 8.84. The zero-order valence-electron chi connectivity index (χ0n) is 13.9. The average Bonchev–Trinajstić information content (AvgIpc) is 2.52. The second-order valence-corrected chi connectivity index (χ2v) is 6.96. The van der Waals surface area contributed by atoms with Crippen molar-refractivity contribution in [3.8, 4) is 0 Å². The predicted molar refractivity (Wildman–Crippen MR) is 91.3 cm³/mol. The molecule has 1 aliphatic heterocycles. The van der Waals surface area contributed by atoms with Crippen LogP contribution in [-0.2, 0) is 9.53 Å². The first-order chi connectivity index (χ1) is 11.4. The van der Waals surface area contributed by atoms with Crippen LogP contribution in [-0.4, -0.2) is 56.2 Å². The number of fused-ring (bicyclic) bond motifs is 1. The van der Waals surface area contributed by atoms with E-state index in [0.29, 0.717) is 23.9 Å². The van der Waals surface area contributed by atoms with Crippen molar-refractivity contribution in [2.24, 2.45) is 0 Å². The maximum absolute atomic E-state index is 12.4. The van der Waals surface area contributed by atoms with Gasteiger partial charge in [-0.3, -0.25) is 9.20 Å². The largest absolute Gasteiger partial charge is 0.372 e. The van der Waals surface area contributed by atoms with Crippen LogP contribution in [0.1, 0.15) is 19.4 Å². The van der Waals surface area contributed by atoms with Crippen molar-refractivity contribution in [3.05, 3.63) is 34.4 Å². The van der Waals surface area contributed by atoms with Gasteiger partial charge in [-0.1, -0.05) is 17.8 Å². The molecule has 0 radical (unpaired) electrons. The Bertz CT molecular complexity index is 813. The number of carbonyl (C=O) groups is 1. The number of aryl methyl sites for hydroxylation is 1. The SMILES string of the molecule is Cc1cccn2c(=O)nc(SCC(=O)N3C[C@H](C)O[C@@H](C)C3)nc12. The van der Waals surface area contributed by atoms with Crippen LogP contribution in [0.15, 0.2) is 28.3 Å². The number of thioether (sulfide) groups is 1. The van der Waals surface area contributed by atoms with E-state index in [1.165, 1.54) is 16.2 Å². The topological polar surface area (TPSA) is 76.8 Å². The number of nitrogens with zero attached hydrogens (tertiary/aromatic N) is 4. The number of amides is 1. The van der Waals surface area contributed by atoms with Gasteiger partial charge in [0, 0.05) is 19.3 Å². The first-order valence-electron chi connectivity index (χ1n) is 7.86. The molecular weight excluding hydrogens is 328 g/mol. The fraction of sp³-hybridized carbons (Fsp3) is 0.500. The van der Waals surface area contributed by atoms with Crippen LogP contribution in [0.4, 0.5) is 0 Å². The molecule has 2 aromatic heterocycles. The van der Waals surface area contributed by atoms with E-state index in [1.807, 2.05) is 26.8 Å². The molecule has 128 valence electrons. The maximum atomic E-state index is 12.4. The van der Waals surface area contributed by atoms with Crippen molar-refractivity contribution in [2.45, 2.75) is 38.1 Å². The van der Waals surface area contributed by atoms with Crippen LogP contribution < -0.4 is 5.69 Å². The highest BCUT2D eigenvalue weighted by Gasteiger charge is 2.25. The maximum Gasteiger partial charge on any atom is 0.355 e. The van der Waals surface area contributed by atoms with E-state index in [4.69, 9.17) is 4.74 Å². The summed E-state index contributed by atoms with van der Waals surface area (Å²) in [6.07, 6.45) is 1.71. The van der Waals surface area contributed by atoms with Gasteiger partial charge in [-0.05, 0) is 32.4 Å². The first kappa shape index (κ1) is 16.9. The number of rotatable bonds is 3. The molecule has 0 aliphatic carbocycles. The van der Waals surface area contributed by atoms with E-state index < -0.39 is 0 Å². The number of aromatic nitrogens is 3. The summed E-state index contributed by atoms with van der Waals surface area (Å²) in [4.78, 5) is 34.6. The Balaban J connectivity index is 1.73. The molecule has 7 nitrogen and oxygen atoms in total. The van der Waals surface area contributed by atoms with E-state index in [0.717, 1.165) is 5.56 Å². The highest BCUT2D eigenvalue weighted by atomic mass is 32.2. The van der Waals surface area contributed by atoms with Gasteiger partial charge in [0.2, 0.25) is 5.91 Å². The van der Waals surface area contributed by atoms with Crippen LogP contribution in [0, 0.1) is 6.92 Å². The lowest BCUT2D eigenvalue weighted by atomic mass is 10.2. The molecule has 0 saturated carbocycles. The van der Waals surface area contributed by atoms with Crippen LogP contribution in [0.3, 0.4) is 0 Å². The summed E-state index contributed by atoms with van der Waals surface area (Å²) in [5, 5.41) is 0.331. The summed E-state index contributed by atoms with van der Waals surface area (Å²) >= 11 is 1.19. The molecule has 1 saturated heterocycles. The molecule has 1 amide bonds. The van der Waals surface area contributed by atoms with Gasteiger partial charge in [0.1, 0.15) is 5.65 Å². The van der Waals surface area contributed by atoms with Gasteiger partial charge in [-0.25, -0.2) is 9.78 Å². The van der Waals surface area contributed by atoms with Crippen molar-refractivity contribution >= 4 is 23.3 Å².